The molecule has 2 atom stereocenters. The van der Waals surface area contributed by atoms with Gasteiger partial charge < -0.3 is 14.7 Å². The number of aromatic nitrogens is 1. The summed E-state index contributed by atoms with van der Waals surface area (Å²) in [4.78, 5) is 2.40. The third kappa shape index (κ3) is 3.79. The Morgan fingerprint density at radius 1 is 1.08 bits per heavy atom. The fraction of sp³-hybridized carbons (Fsp3) is 0.316. The average Bonchev–Trinajstić information content (AvgIpc) is 3.36. The molecular formula is C19H22ClN3O2. The molecule has 0 bridgehead atoms. The quantitative estimate of drug-likeness (QED) is 0.754. The van der Waals surface area contributed by atoms with Gasteiger partial charge in [0.05, 0.1) is 12.0 Å². The van der Waals surface area contributed by atoms with Crippen molar-refractivity contribution in [3.8, 4) is 11.5 Å². The highest BCUT2D eigenvalue weighted by Gasteiger charge is 2.33. The van der Waals surface area contributed by atoms with E-state index in [4.69, 9.17) is 14.7 Å². The summed E-state index contributed by atoms with van der Waals surface area (Å²) < 4.78 is 10.7. The van der Waals surface area contributed by atoms with E-state index in [-0.39, 0.29) is 12.4 Å². The minimum absolute atomic E-state index is 0. The largest absolute Gasteiger partial charge is 0.461 e. The van der Waals surface area contributed by atoms with Crippen LogP contribution < -0.4 is 5.73 Å². The molecule has 1 fully saturated rings. The van der Waals surface area contributed by atoms with Gasteiger partial charge in [0.15, 0.2) is 5.76 Å². The highest BCUT2D eigenvalue weighted by molar-refractivity contribution is 5.85. The highest BCUT2D eigenvalue weighted by Crippen LogP contribution is 2.33. The molecule has 3 heterocycles. The van der Waals surface area contributed by atoms with Gasteiger partial charge in [-0.15, -0.1) is 12.4 Å². The Bertz CT molecular complexity index is 773. The topological polar surface area (TPSA) is 68.4 Å². The van der Waals surface area contributed by atoms with Crippen LogP contribution in [0.2, 0.25) is 0 Å². The van der Waals surface area contributed by atoms with E-state index in [9.17, 15) is 0 Å². The lowest BCUT2D eigenvalue weighted by atomic mass is 9.89. The Morgan fingerprint density at radius 3 is 2.64 bits per heavy atom. The minimum Gasteiger partial charge on any atom is -0.461 e. The predicted octanol–water partition coefficient (Wildman–Crippen LogP) is 3.53. The summed E-state index contributed by atoms with van der Waals surface area (Å²) in [6.07, 6.45) is 1.63. The van der Waals surface area contributed by atoms with Gasteiger partial charge in [0.25, 0.3) is 0 Å². The maximum atomic E-state index is 6.01. The summed E-state index contributed by atoms with van der Waals surface area (Å²) in [6.45, 7) is 3.45. The van der Waals surface area contributed by atoms with Gasteiger partial charge in [-0.05, 0) is 30.2 Å². The number of nitrogens with zero attached hydrogens (tertiary/aromatic N) is 2. The van der Waals surface area contributed by atoms with Crippen LogP contribution in [-0.2, 0) is 6.54 Å². The van der Waals surface area contributed by atoms with Crippen LogP contribution in [0.25, 0.3) is 11.5 Å². The second-order valence-corrected chi connectivity index (χ2v) is 6.37. The van der Waals surface area contributed by atoms with Crippen LogP contribution in [0.4, 0.5) is 0 Å². The first-order chi connectivity index (χ1) is 11.8. The Labute approximate surface area is 153 Å². The first kappa shape index (κ1) is 17.7. The maximum Gasteiger partial charge on any atom is 0.202 e. The molecule has 0 saturated carbocycles. The summed E-state index contributed by atoms with van der Waals surface area (Å²) in [5.41, 5.74) is 8.30. The zero-order valence-electron chi connectivity index (χ0n) is 13.9. The van der Waals surface area contributed by atoms with E-state index in [1.165, 1.54) is 5.56 Å². The van der Waals surface area contributed by atoms with Crippen molar-refractivity contribution in [2.24, 2.45) is 11.7 Å². The normalized spacial score (nSPS) is 20.5. The minimum atomic E-state index is 0. The SMILES string of the molecule is Cl.NC[C@@H]1CN(Cc2cc(-c3ccco3)on2)C[C@H]1c1ccccc1. The second kappa shape index (κ2) is 7.87. The molecule has 4 rings (SSSR count). The van der Waals surface area contributed by atoms with Crippen molar-refractivity contribution in [2.75, 3.05) is 19.6 Å². The second-order valence-electron chi connectivity index (χ2n) is 6.37. The molecule has 3 aromatic rings. The molecule has 5 nitrogen and oxygen atoms in total. The maximum absolute atomic E-state index is 6.01. The van der Waals surface area contributed by atoms with Gasteiger partial charge in [-0.1, -0.05) is 35.5 Å². The molecule has 0 amide bonds. The number of hydrogen-bond donors (Lipinski definition) is 1. The number of hydrogen-bond acceptors (Lipinski definition) is 5. The molecular weight excluding hydrogens is 338 g/mol. The number of furan rings is 1. The van der Waals surface area contributed by atoms with Crippen LogP contribution in [0.1, 0.15) is 17.2 Å². The van der Waals surface area contributed by atoms with Crippen LogP contribution >= 0.6 is 12.4 Å². The number of halogens is 1. The molecule has 1 aliphatic heterocycles. The molecule has 0 radical (unpaired) electrons. The summed E-state index contributed by atoms with van der Waals surface area (Å²) in [5, 5.41) is 4.18. The van der Waals surface area contributed by atoms with Gasteiger partial charge >= 0.3 is 0 Å². The van der Waals surface area contributed by atoms with Crippen molar-refractivity contribution in [1.82, 2.24) is 10.1 Å². The molecule has 1 aromatic carbocycles. The molecule has 0 aliphatic carbocycles. The first-order valence-electron chi connectivity index (χ1n) is 8.30. The van der Waals surface area contributed by atoms with Crippen LogP contribution in [0, 0.1) is 5.92 Å². The van der Waals surface area contributed by atoms with Crippen molar-refractivity contribution in [2.45, 2.75) is 12.5 Å². The molecule has 0 spiro atoms. The molecule has 1 saturated heterocycles. The van der Waals surface area contributed by atoms with Crippen molar-refractivity contribution in [3.05, 3.63) is 66.1 Å². The third-order valence-electron chi connectivity index (χ3n) is 4.76. The van der Waals surface area contributed by atoms with Gasteiger partial charge in [0, 0.05) is 31.6 Å². The summed E-state index contributed by atoms with van der Waals surface area (Å²) in [7, 11) is 0. The van der Waals surface area contributed by atoms with Crippen LogP contribution in [0.5, 0.6) is 0 Å². The van der Waals surface area contributed by atoms with Gasteiger partial charge in [-0.3, -0.25) is 4.90 Å². The Morgan fingerprint density at radius 2 is 1.92 bits per heavy atom. The lowest BCUT2D eigenvalue weighted by Gasteiger charge is -2.16. The van der Waals surface area contributed by atoms with E-state index in [1.54, 1.807) is 6.26 Å². The molecule has 6 heteroatoms. The average molecular weight is 360 g/mol. The van der Waals surface area contributed by atoms with E-state index in [1.807, 2.05) is 18.2 Å². The summed E-state index contributed by atoms with van der Waals surface area (Å²) in [6, 6.07) is 16.3. The van der Waals surface area contributed by atoms with E-state index in [0.29, 0.717) is 29.9 Å². The van der Waals surface area contributed by atoms with E-state index >= 15 is 0 Å². The number of rotatable bonds is 5. The summed E-state index contributed by atoms with van der Waals surface area (Å²) in [5.74, 6) is 2.33. The van der Waals surface area contributed by atoms with Crippen molar-refractivity contribution >= 4 is 12.4 Å². The van der Waals surface area contributed by atoms with E-state index in [2.05, 4.69) is 40.4 Å². The lowest BCUT2D eigenvalue weighted by molar-refractivity contribution is 0.302. The fourth-order valence-electron chi connectivity index (χ4n) is 3.56. The van der Waals surface area contributed by atoms with E-state index < -0.39 is 0 Å². The van der Waals surface area contributed by atoms with Gasteiger partial charge in [-0.25, -0.2) is 0 Å². The Hall–Kier alpha value is -2.08. The van der Waals surface area contributed by atoms with Crippen LogP contribution in [0.3, 0.4) is 0 Å². The van der Waals surface area contributed by atoms with Crippen molar-refractivity contribution in [3.63, 3.8) is 0 Å². The molecule has 2 aromatic heterocycles. The molecule has 1 aliphatic rings. The Balaban J connectivity index is 0.00000182. The number of nitrogens with two attached hydrogens (primary N) is 1. The van der Waals surface area contributed by atoms with Crippen molar-refractivity contribution in [1.29, 1.82) is 0 Å². The molecule has 132 valence electrons. The fourth-order valence-corrected chi connectivity index (χ4v) is 3.56. The van der Waals surface area contributed by atoms with Crippen molar-refractivity contribution < 1.29 is 8.94 Å². The molecule has 2 N–H and O–H groups in total. The van der Waals surface area contributed by atoms with E-state index in [0.717, 1.165) is 25.3 Å². The number of benzene rings is 1. The predicted molar refractivity (Wildman–Crippen MR) is 98.5 cm³/mol. The molecule has 25 heavy (non-hydrogen) atoms. The smallest absolute Gasteiger partial charge is 0.202 e. The highest BCUT2D eigenvalue weighted by atomic mass is 35.5. The van der Waals surface area contributed by atoms with Gasteiger partial charge in [-0.2, -0.15) is 0 Å². The molecule has 0 unspecified atom stereocenters. The zero-order chi connectivity index (χ0) is 16.4. The first-order valence-corrected chi connectivity index (χ1v) is 8.30. The number of likely N-dealkylation sites (tertiary alicyclic amines) is 1. The van der Waals surface area contributed by atoms with Gasteiger partial charge in [0.2, 0.25) is 5.76 Å². The van der Waals surface area contributed by atoms with Crippen LogP contribution in [-0.4, -0.2) is 29.7 Å². The standard InChI is InChI=1S/C19H21N3O2.ClH/c20-10-15-11-22(13-17(15)14-5-2-1-3-6-14)12-16-9-19(24-21-16)18-7-4-8-23-18;/h1-9,15,17H,10-13,20H2;1H/t15-,17+;/m1./s1. The summed E-state index contributed by atoms with van der Waals surface area (Å²) >= 11 is 0. The third-order valence-corrected chi connectivity index (χ3v) is 4.76. The lowest BCUT2D eigenvalue weighted by Crippen LogP contribution is -2.23. The van der Waals surface area contributed by atoms with Gasteiger partial charge in [0.1, 0.15) is 0 Å². The monoisotopic (exact) mass is 359 g/mol. The Kier molecular flexibility index (Phi) is 5.58. The zero-order valence-corrected chi connectivity index (χ0v) is 14.7. The van der Waals surface area contributed by atoms with Crippen LogP contribution in [0.15, 0.2) is 63.7 Å².